The Labute approximate surface area is 172 Å². The van der Waals surface area contributed by atoms with Crippen LogP contribution in [0.5, 0.6) is 0 Å². The summed E-state index contributed by atoms with van der Waals surface area (Å²) in [7, 11) is 0. The van der Waals surface area contributed by atoms with Gasteiger partial charge < -0.3 is 4.90 Å². The van der Waals surface area contributed by atoms with Gasteiger partial charge in [-0.1, -0.05) is 0 Å². The van der Waals surface area contributed by atoms with Gasteiger partial charge in [-0.2, -0.15) is 0 Å². The lowest BCUT2D eigenvalue weighted by Crippen LogP contribution is -2.56. The standard InChI is InChI=1S/C19H23IN4O3/c20-18(26)13-11-23(12-13)15-5-8-22(9-6-15)14-1-3-16(4-2-14)24-10-7-17(25)21-19(24)27/h1-4,13,15H,5-12H2,(H,21,25,27). The van der Waals surface area contributed by atoms with Crippen molar-refractivity contribution in [1.82, 2.24) is 10.2 Å². The molecule has 3 aliphatic rings. The smallest absolute Gasteiger partial charge is 0.328 e. The Kier molecular flexibility index (Phi) is 5.36. The zero-order valence-electron chi connectivity index (χ0n) is 15.1. The quantitative estimate of drug-likeness (QED) is 0.525. The van der Waals surface area contributed by atoms with Gasteiger partial charge in [-0.3, -0.25) is 24.7 Å². The highest BCUT2D eigenvalue weighted by Gasteiger charge is 2.36. The monoisotopic (exact) mass is 482 g/mol. The van der Waals surface area contributed by atoms with Gasteiger partial charge in [-0.15, -0.1) is 0 Å². The minimum absolute atomic E-state index is 0.216. The highest BCUT2D eigenvalue weighted by Crippen LogP contribution is 2.29. The molecule has 3 saturated heterocycles. The molecule has 0 unspecified atom stereocenters. The second-order valence-electron chi connectivity index (χ2n) is 7.44. The molecule has 3 heterocycles. The first-order valence-corrected chi connectivity index (χ1v) is 10.5. The molecular formula is C19H23IN4O3. The van der Waals surface area contributed by atoms with Gasteiger partial charge in [-0.25, -0.2) is 4.79 Å². The predicted octanol–water partition coefficient (Wildman–Crippen LogP) is 2.00. The topological polar surface area (TPSA) is 73.0 Å². The molecule has 0 bridgehead atoms. The molecule has 0 spiro atoms. The molecule has 0 atom stereocenters. The molecule has 8 heteroatoms. The number of rotatable bonds is 4. The highest BCUT2D eigenvalue weighted by atomic mass is 127. The van der Waals surface area contributed by atoms with Crippen LogP contribution in [0.15, 0.2) is 24.3 Å². The second kappa shape index (κ2) is 7.75. The minimum atomic E-state index is -0.349. The summed E-state index contributed by atoms with van der Waals surface area (Å²) in [5.74, 6) is 0.0190. The van der Waals surface area contributed by atoms with Crippen LogP contribution in [0.2, 0.25) is 0 Å². The van der Waals surface area contributed by atoms with Gasteiger partial charge in [0.15, 0.2) is 3.79 Å². The van der Waals surface area contributed by atoms with E-state index in [1.165, 1.54) is 0 Å². The van der Waals surface area contributed by atoms with Crippen molar-refractivity contribution in [3.05, 3.63) is 24.3 Å². The van der Waals surface area contributed by atoms with Crippen LogP contribution in [0.1, 0.15) is 19.3 Å². The summed E-state index contributed by atoms with van der Waals surface area (Å²) in [6, 6.07) is 8.23. The molecule has 144 valence electrons. The van der Waals surface area contributed by atoms with E-state index >= 15 is 0 Å². The molecule has 3 aliphatic heterocycles. The Balaban J connectivity index is 1.31. The number of nitrogens with zero attached hydrogens (tertiary/aromatic N) is 3. The normalized spacial score (nSPS) is 22.6. The third kappa shape index (κ3) is 3.96. The zero-order chi connectivity index (χ0) is 19.0. The lowest BCUT2D eigenvalue weighted by atomic mass is 9.94. The number of halogens is 1. The number of hydrogen-bond acceptors (Lipinski definition) is 5. The first kappa shape index (κ1) is 18.7. The van der Waals surface area contributed by atoms with Crippen LogP contribution < -0.4 is 15.1 Å². The number of carbonyl (C=O) groups is 3. The SMILES string of the molecule is O=C1CCN(c2ccc(N3CCC(N4CC(C(=O)I)C4)CC3)cc2)C(=O)N1. The maximum Gasteiger partial charge on any atom is 0.328 e. The van der Waals surface area contributed by atoms with Gasteiger partial charge in [0, 0.05) is 56.6 Å². The average molecular weight is 482 g/mol. The van der Waals surface area contributed by atoms with Gasteiger partial charge >= 0.3 is 6.03 Å². The van der Waals surface area contributed by atoms with Crippen molar-refractivity contribution >= 4 is 49.7 Å². The lowest BCUT2D eigenvalue weighted by molar-refractivity contribution is -0.120. The van der Waals surface area contributed by atoms with E-state index in [0.717, 1.165) is 50.4 Å². The molecule has 1 N–H and O–H groups in total. The molecule has 7 nitrogen and oxygen atoms in total. The van der Waals surface area contributed by atoms with Crippen molar-refractivity contribution in [3.63, 3.8) is 0 Å². The number of likely N-dealkylation sites (tertiary alicyclic amines) is 1. The van der Waals surface area contributed by atoms with Crippen LogP contribution in [0.3, 0.4) is 0 Å². The van der Waals surface area contributed by atoms with E-state index < -0.39 is 0 Å². The van der Waals surface area contributed by atoms with Crippen molar-refractivity contribution in [1.29, 1.82) is 0 Å². The molecule has 3 amide bonds. The molecule has 0 radical (unpaired) electrons. The van der Waals surface area contributed by atoms with Crippen LogP contribution in [-0.4, -0.2) is 59.4 Å². The lowest BCUT2D eigenvalue weighted by Gasteiger charge is -2.46. The number of carbonyl (C=O) groups excluding carboxylic acids is 3. The van der Waals surface area contributed by atoms with Gasteiger partial charge in [0.25, 0.3) is 0 Å². The molecular weight excluding hydrogens is 459 g/mol. The number of imide groups is 1. The average Bonchev–Trinajstić information content (AvgIpc) is 2.61. The molecule has 27 heavy (non-hydrogen) atoms. The Bertz CT molecular complexity index is 740. The molecule has 0 aromatic heterocycles. The number of piperidine rings is 1. The summed E-state index contributed by atoms with van der Waals surface area (Å²) >= 11 is 1.91. The highest BCUT2D eigenvalue weighted by molar-refractivity contribution is 14.1. The third-order valence-corrected chi connectivity index (χ3v) is 6.67. The van der Waals surface area contributed by atoms with Gasteiger partial charge in [0.05, 0.1) is 5.92 Å². The van der Waals surface area contributed by atoms with Gasteiger partial charge in [0.2, 0.25) is 5.91 Å². The van der Waals surface area contributed by atoms with E-state index in [-0.39, 0.29) is 21.6 Å². The van der Waals surface area contributed by atoms with Crippen molar-refractivity contribution in [3.8, 4) is 0 Å². The summed E-state index contributed by atoms with van der Waals surface area (Å²) in [6.45, 7) is 4.26. The van der Waals surface area contributed by atoms with Crippen molar-refractivity contribution < 1.29 is 14.4 Å². The van der Waals surface area contributed by atoms with E-state index in [0.29, 0.717) is 19.0 Å². The van der Waals surface area contributed by atoms with Crippen LogP contribution >= 0.6 is 22.6 Å². The second-order valence-corrected chi connectivity index (χ2v) is 8.51. The van der Waals surface area contributed by atoms with Crippen LogP contribution in [0.25, 0.3) is 0 Å². The van der Waals surface area contributed by atoms with E-state index in [1.807, 2.05) is 46.9 Å². The minimum Gasteiger partial charge on any atom is -0.371 e. The molecule has 3 fully saturated rings. The number of urea groups is 1. The van der Waals surface area contributed by atoms with Crippen LogP contribution in [0, 0.1) is 5.92 Å². The largest absolute Gasteiger partial charge is 0.371 e. The molecule has 1 aromatic rings. The summed E-state index contributed by atoms with van der Waals surface area (Å²) in [6.07, 6.45) is 2.56. The third-order valence-electron chi connectivity index (χ3n) is 5.79. The molecule has 0 saturated carbocycles. The number of anilines is 2. The summed E-state index contributed by atoms with van der Waals surface area (Å²) in [5.41, 5.74) is 1.98. The summed E-state index contributed by atoms with van der Waals surface area (Å²) < 4.78 is 0.285. The molecule has 4 rings (SSSR count). The van der Waals surface area contributed by atoms with E-state index in [1.54, 1.807) is 4.90 Å². The van der Waals surface area contributed by atoms with Crippen molar-refractivity contribution in [2.24, 2.45) is 5.92 Å². The Morgan fingerprint density at radius 1 is 1.00 bits per heavy atom. The fourth-order valence-corrected chi connectivity index (χ4v) is 4.49. The molecule has 0 aliphatic carbocycles. The Morgan fingerprint density at radius 2 is 1.63 bits per heavy atom. The number of amides is 3. The number of benzene rings is 1. The van der Waals surface area contributed by atoms with Crippen molar-refractivity contribution in [2.75, 3.05) is 42.5 Å². The fourth-order valence-electron chi connectivity index (χ4n) is 4.10. The molecule has 1 aromatic carbocycles. The van der Waals surface area contributed by atoms with Crippen molar-refractivity contribution in [2.45, 2.75) is 25.3 Å². The summed E-state index contributed by atoms with van der Waals surface area (Å²) in [4.78, 5) is 41.0. The number of hydrogen-bond donors (Lipinski definition) is 1. The van der Waals surface area contributed by atoms with Gasteiger partial charge in [-0.05, 0) is 59.7 Å². The van der Waals surface area contributed by atoms with E-state index in [4.69, 9.17) is 0 Å². The predicted molar refractivity (Wildman–Crippen MR) is 111 cm³/mol. The zero-order valence-corrected chi connectivity index (χ0v) is 17.2. The first-order chi connectivity index (χ1) is 13.0. The fraction of sp³-hybridized carbons (Fsp3) is 0.526. The van der Waals surface area contributed by atoms with Crippen LogP contribution in [-0.2, 0) is 9.59 Å². The maximum absolute atomic E-state index is 11.9. The maximum atomic E-state index is 11.9. The number of nitrogens with one attached hydrogen (secondary N) is 1. The first-order valence-electron chi connectivity index (χ1n) is 9.41. The van der Waals surface area contributed by atoms with Gasteiger partial charge in [0.1, 0.15) is 0 Å². The summed E-state index contributed by atoms with van der Waals surface area (Å²) in [5, 5.41) is 2.35. The Morgan fingerprint density at radius 3 is 2.22 bits per heavy atom. The van der Waals surface area contributed by atoms with E-state index in [9.17, 15) is 14.4 Å². The van der Waals surface area contributed by atoms with E-state index in [2.05, 4.69) is 15.1 Å². The van der Waals surface area contributed by atoms with Crippen LogP contribution in [0.4, 0.5) is 16.2 Å². The Hall–Kier alpha value is -1.68.